The Labute approximate surface area is 144 Å². The quantitative estimate of drug-likeness (QED) is 0.603. The normalized spacial score (nSPS) is 26.4. The minimum atomic E-state index is -1.05. The van der Waals surface area contributed by atoms with E-state index in [0.717, 1.165) is 6.42 Å². The van der Waals surface area contributed by atoms with Gasteiger partial charge >= 0.3 is 11.9 Å². The van der Waals surface area contributed by atoms with Gasteiger partial charge in [0.05, 0.1) is 30.3 Å². The summed E-state index contributed by atoms with van der Waals surface area (Å²) in [5, 5.41) is 12.0. The third-order valence-corrected chi connectivity index (χ3v) is 4.31. The summed E-state index contributed by atoms with van der Waals surface area (Å²) >= 11 is 0. The van der Waals surface area contributed by atoms with Gasteiger partial charge in [-0.05, 0) is 30.7 Å². The average Bonchev–Trinajstić information content (AvgIpc) is 3.21. The van der Waals surface area contributed by atoms with Crippen molar-refractivity contribution in [2.24, 2.45) is 11.8 Å². The highest BCUT2D eigenvalue weighted by Crippen LogP contribution is 2.39. The van der Waals surface area contributed by atoms with E-state index in [1.807, 2.05) is 6.92 Å². The first kappa shape index (κ1) is 17.2. The van der Waals surface area contributed by atoms with Crippen molar-refractivity contribution < 1.29 is 29.0 Å². The minimum Gasteiger partial charge on any atom is -0.481 e. The monoisotopic (exact) mass is 345 g/mol. The average molecular weight is 345 g/mol. The van der Waals surface area contributed by atoms with Gasteiger partial charge in [-0.2, -0.15) is 0 Å². The molecule has 2 aliphatic heterocycles. The molecule has 7 heteroatoms. The van der Waals surface area contributed by atoms with E-state index < -0.39 is 41.9 Å². The second-order valence-corrected chi connectivity index (χ2v) is 6.04. The Kier molecular flexibility index (Phi) is 4.85. The van der Waals surface area contributed by atoms with Crippen LogP contribution in [0, 0.1) is 11.8 Å². The third kappa shape index (κ3) is 3.41. The fourth-order valence-corrected chi connectivity index (χ4v) is 3.11. The number of nitrogens with one attached hydrogen (secondary N) is 1. The first-order valence-corrected chi connectivity index (χ1v) is 8.16. The smallest absolute Gasteiger partial charge is 0.338 e. The Hall–Kier alpha value is -2.67. The molecule has 0 radical (unpaired) electrons. The van der Waals surface area contributed by atoms with Crippen LogP contribution in [0.25, 0.3) is 0 Å². The fourth-order valence-electron chi connectivity index (χ4n) is 3.11. The van der Waals surface area contributed by atoms with Crippen LogP contribution >= 0.6 is 0 Å². The van der Waals surface area contributed by atoms with Gasteiger partial charge in [0.2, 0.25) is 5.91 Å². The molecule has 25 heavy (non-hydrogen) atoms. The van der Waals surface area contributed by atoms with Crippen LogP contribution in [0.4, 0.5) is 5.69 Å². The molecule has 0 unspecified atom stereocenters. The zero-order chi connectivity index (χ0) is 18.0. The van der Waals surface area contributed by atoms with E-state index in [-0.39, 0.29) is 0 Å². The minimum absolute atomic E-state index is 0.353. The number of amides is 1. The summed E-state index contributed by atoms with van der Waals surface area (Å²) < 4.78 is 10.5. The van der Waals surface area contributed by atoms with E-state index >= 15 is 0 Å². The molecule has 2 bridgehead atoms. The predicted octanol–water partition coefficient (Wildman–Crippen LogP) is 1.85. The van der Waals surface area contributed by atoms with Gasteiger partial charge in [-0.15, -0.1) is 0 Å². The van der Waals surface area contributed by atoms with E-state index in [1.165, 1.54) is 0 Å². The molecule has 2 heterocycles. The molecule has 0 aliphatic carbocycles. The molecule has 1 amide bonds. The zero-order valence-corrected chi connectivity index (χ0v) is 13.7. The molecule has 0 saturated carbocycles. The fraction of sp³-hybridized carbons (Fsp3) is 0.389. The highest BCUT2D eigenvalue weighted by molar-refractivity contribution is 5.97. The number of carbonyl (C=O) groups excluding carboxylic acids is 2. The third-order valence-electron chi connectivity index (χ3n) is 4.31. The van der Waals surface area contributed by atoms with Gasteiger partial charge in [0.25, 0.3) is 0 Å². The van der Waals surface area contributed by atoms with Gasteiger partial charge in [0, 0.05) is 5.69 Å². The number of carbonyl (C=O) groups is 3. The van der Waals surface area contributed by atoms with Gasteiger partial charge < -0.3 is 19.9 Å². The number of carboxylic acids is 1. The second-order valence-electron chi connectivity index (χ2n) is 6.04. The van der Waals surface area contributed by atoms with Crippen LogP contribution in [-0.4, -0.2) is 41.8 Å². The van der Waals surface area contributed by atoms with Gasteiger partial charge in [-0.25, -0.2) is 4.79 Å². The van der Waals surface area contributed by atoms with E-state index in [4.69, 9.17) is 9.47 Å². The van der Waals surface area contributed by atoms with Crippen molar-refractivity contribution in [1.82, 2.24) is 0 Å². The molecule has 0 spiro atoms. The first-order valence-electron chi connectivity index (χ1n) is 8.16. The predicted molar refractivity (Wildman–Crippen MR) is 88.1 cm³/mol. The Balaban J connectivity index is 1.66. The number of benzene rings is 1. The molecular weight excluding hydrogens is 326 g/mol. The van der Waals surface area contributed by atoms with E-state index in [0.29, 0.717) is 17.9 Å². The maximum Gasteiger partial charge on any atom is 0.338 e. The number of hydrogen-bond donors (Lipinski definition) is 2. The number of esters is 1. The Morgan fingerprint density at radius 3 is 2.36 bits per heavy atom. The lowest BCUT2D eigenvalue weighted by Gasteiger charge is -2.21. The lowest BCUT2D eigenvalue weighted by molar-refractivity contribution is -0.145. The number of ether oxygens (including phenoxy) is 2. The summed E-state index contributed by atoms with van der Waals surface area (Å²) in [5.74, 6) is -3.55. The summed E-state index contributed by atoms with van der Waals surface area (Å²) in [6.45, 7) is 2.26. The largest absolute Gasteiger partial charge is 0.481 e. The molecule has 2 aliphatic rings. The van der Waals surface area contributed by atoms with Crippen LogP contribution in [0.15, 0.2) is 36.4 Å². The highest BCUT2D eigenvalue weighted by atomic mass is 16.5. The summed E-state index contributed by atoms with van der Waals surface area (Å²) in [6, 6.07) is 6.28. The summed E-state index contributed by atoms with van der Waals surface area (Å²) in [4.78, 5) is 35.7. The number of hydrogen-bond acceptors (Lipinski definition) is 5. The number of anilines is 1. The number of rotatable bonds is 6. The van der Waals surface area contributed by atoms with Crippen molar-refractivity contribution >= 4 is 23.5 Å². The van der Waals surface area contributed by atoms with Gasteiger partial charge in [-0.3, -0.25) is 9.59 Å². The zero-order valence-electron chi connectivity index (χ0n) is 13.7. The summed E-state index contributed by atoms with van der Waals surface area (Å²) in [7, 11) is 0. The van der Waals surface area contributed by atoms with Crippen LogP contribution in [0.3, 0.4) is 0 Å². The van der Waals surface area contributed by atoms with Gasteiger partial charge in [-0.1, -0.05) is 19.1 Å². The van der Waals surface area contributed by atoms with Crippen molar-refractivity contribution in [3.8, 4) is 0 Å². The maximum absolute atomic E-state index is 12.5. The SMILES string of the molecule is CCCOC(=O)c1ccc(NC(=O)[C@H]2[C@@H](C(=O)O)[C@@H]3C=C[C@H]2O3)cc1. The molecule has 4 atom stereocenters. The van der Waals surface area contributed by atoms with Crippen LogP contribution < -0.4 is 5.32 Å². The summed E-state index contributed by atoms with van der Waals surface area (Å²) in [5.41, 5.74) is 0.869. The maximum atomic E-state index is 12.5. The van der Waals surface area contributed by atoms with Crippen molar-refractivity contribution in [2.75, 3.05) is 11.9 Å². The number of fused-ring (bicyclic) bond motifs is 2. The molecule has 1 aromatic rings. The van der Waals surface area contributed by atoms with Gasteiger partial charge in [0.15, 0.2) is 0 Å². The van der Waals surface area contributed by atoms with Crippen molar-refractivity contribution in [3.63, 3.8) is 0 Å². The Morgan fingerprint density at radius 1 is 1.12 bits per heavy atom. The van der Waals surface area contributed by atoms with Crippen LogP contribution in [-0.2, 0) is 19.1 Å². The molecule has 0 aromatic heterocycles. The lowest BCUT2D eigenvalue weighted by Crippen LogP contribution is -2.39. The molecule has 2 N–H and O–H groups in total. The van der Waals surface area contributed by atoms with E-state index in [1.54, 1.807) is 36.4 Å². The van der Waals surface area contributed by atoms with Crippen molar-refractivity contribution in [2.45, 2.75) is 25.6 Å². The number of aliphatic carboxylic acids is 1. The Morgan fingerprint density at radius 2 is 1.76 bits per heavy atom. The molecule has 7 nitrogen and oxygen atoms in total. The lowest BCUT2D eigenvalue weighted by atomic mass is 9.82. The first-order chi connectivity index (χ1) is 12.0. The molecule has 1 saturated heterocycles. The van der Waals surface area contributed by atoms with Crippen molar-refractivity contribution in [3.05, 3.63) is 42.0 Å². The molecule has 1 aromatic carbocycles. The highest BCUT2D eigenvalue weighted by Gasteiger charge is 2.53. The van der Waals surface area contributed by atoms with Crippen LogP contribution in [0.5, 0.6) is 0 Å². The molecular formula is C18H19NO6. The standard InChI is InChI=1S/C18H19NO6/c1-2-9-24-18(23)10-3-5-11(6-4-10)19-16(20)14-12-7-8-13(25-12)15(14)17(21)22/h3-8,12-15H,2,9H2,1H3,(H,19,20)(H,21,22)/t12-,13+,14-,15+/m1/s1. The van der Waals surface area contributed by atoms with Crippen LogP contribution in [0.1, 0.15) is 23.7 Å². The molecule has 3 rings (SSSR count). The molecule has 1 fully saturated rings. The second kappa shape index (κ2) is 7.06. The number of carboxylic acid groups (broad SMARTS) is 1. The van der Waals surface area contributed by atoms with Crippen LogP contribution in [0.2, 0.25) is 0 Å². The summed E-state index contributed by atoms with van der Waals surface area (Å²) in [6.07, 6.45) is 3.07. The van der Waals surface area contributed by atoms with Gasteiger partial charge in [0.1, 0.15) is 5.92 Å². The van der Waals surface area contributed by atoms with E-state index in [9.17, 15) is 19.5 Å². The van der Waals surface area contributed by atoms with Crippen molar-refractivity contribution in [1.29, 1.82) is 0 Å². The Bertz CT molecular complexity index is 711. The van der Waals surface area contributed by atoms with E-state index in [2.05, 4.69) is 5.32 Å². The molecule has 132 valence electrons. The topological polar surface area (TPSA) is 102 Å².